The van der Waals surface area contributed by atoms with Crippen molar-refractivity contribution in [2.24, 2.45) is 0 Å². The molecule has 0 bridgehead atoms. The van der Waals surface area contributed by atoms with Crippen molar-refractivity contribution in [2.75, 3.05) is 13.4 Å². The fourth-order valence-corrected chi connectivity index (χ4v) is 3.58. The molecule has 27 heavy (non-hydrogen) atoms. The van der Waals surface area contributed by atoms with Crippen LogP contribution in [-0.4, -0.2) is 23.4 Å². The number of pyridine rings is 1. The van der Waals surface area contributed by atoms with Crippen LogP contribution in [0, 0.1) is 0 Å². The lowest BCUT2D eigenvalue weighted by molar-refractivity contribution is 0.174. The first kappa shape index (κ1) is 17.8. The van der Waals surface area contributed by atoms with E-state index in [0.717, 1.165) is 39.7 Å². The fourth-order valence-electron chi connectivity index (χ4n) is 2.76. The van der Waals surface area contributed by atoms with Crippen LogP contribution in [0.2, 0.25) is 0 Å². The standard InChI is InChI=1S/C20H21N3O3S/c1-2-8-24-19-15(4-3-7-22-19)10-21-11-16-12-27-20(23-16)14-5-6-17-18(9-14)26-13-25-17/h3-7,9,12,21H,2,8,10-11,13H2,1H3. The summed E-state index contributed by atoms with van der Waals surface area (Å²) in [4.78, 5) is 9.04. The highest BCUT2D eigenvalue weighted by atomic mass is 32.1. The Labute approximate surface area is 162 Å². The highest BCUT2D eigenvalue weighted by Crippen LogP contribution is 2.36. The molecule has 0 aliphatic carbocycles. The third-order valence-corrected chi connectivity index (χ3v) is 5.03. The summed E-state index contributed by atoms with van der Waals surface area (Å²) in [6.07, 6.45) is 2.72. The van der Waals surface area contributed by atoms with Gasteiger partial charge in [0, 0.05) is 35.8 Å². The Bertz CT molecular complexity index is 913. The first-order chi connectivity index (χ1) is 13.3. The first-order valence-corrected chi connectivity index (χ1v) is 9.83. The predicted octanol–water partition coefficient (Wildman–Crippen LogP) is 4.01. The van der Waals surface area contributed by atoms with E-state index in [1.165, 1.54) is 0 Å². The van der Waals surface area contributed by atoms with Crippen LogP contribution in [0.4, 0.5) is 0 Å². The summed E-state index contributed by atoms with van der Waals surface area (Å²) >= 11 is 1.62. The zero-order chi connectivity index (χ0) is 18.5. The molecule has 0 unspecified atom stereocenters. The van der Waals surface area contributed by atoms with Gasteiger partial charge in [-0.2, -0.15) is 0 Å². The van der Waals surface area contributed by atoms with Crippen molar-refractivity contribution in [2.45, 2.75) is 26.4 Å². The third kappa shape index (κ3) is 4.20. The van der Waals surface area contributed by atoms with Gasteiger partial charge in [-0.15, -0.1) is 11.3 Å². The SMILES string of the molecule is CCCOc1ncccc1CNCc1csc(-c2ccc3c(c2)OCO3)n1. The maximum absolute atomic E-state index is 5.70. The van der Waals surface area contributed by atoms with Crippen molar-refractivity contribution in [3.05, 3.63) is 53.2 Å². The summed E-state index contributed by atoms with van der Waals surface area (Å²) in [6, 6.07) is 9.87. The van der Waals surface area contributed by atoms with Gasteiger partial charge in [-0.1, -0.05) is 13.0 Å². The van der Waals surface area contributed by atoms with Crippen molar-refractivity contribution in [1.29, 1.82) is 0 Å². The Hall–Kier alpha value is -2.64. The number of hydrogen-bond acceptors (Lipinski definition) is 7. The number of ether oxygens (including phenoxy) is 3. The summed E-state index contributed by atoms with van der Waals surface area (Å²) < 4.78 is 16.5. The summed E-state index contributed by atoms with van der Waals surface area (Å²) in [5.74, 6) is 2.26. The Balaban J connectivity index is 1.36. The molecule has 140 valence electrons. The molecule has 7 heteroatoms. The van der Waals surface area contributed by atoms with Crippen molar-refractivity contribution in [1.82, 2.24) is 15.3 Å². The lowest BCUT2D eigenvalue weighted by atomic mass is 10.2. The molecule has 1 N–H and O–H groups in total. The molecule has 0 saturated heterocycles. The number of rotatable bonds is 8. The second-order valence-electron chi connectivity index (χ2n) is 6.13. The highest BCUT2D eigenvalue weighted by Gasteiger charge is 2.15. The molecule has 2 aromatic heterocycles. The van der Waals surface area contributed by atoms with Crippen LogP contribution in [-0.2, 0) is 13.1 Å². The number of nitrogens with zero attached hydrogens (tertiary/aromatic N) is 2. The van der Waals surface area contributed by atoms with Crippen molar-refractivity contribution in [3.8, 4) is 28.0 Å². The number of thiazole rings is 1. The molecule has 0 saturated carbocycles. The molecule has 1 aliphatic heterocycles. The van der Waals surface area contributed by atoms with Gasteiger partial charge in [0.2, 0.25) is 12.7 Å². The summed E-state index contributed by atoms with van der Waals surface area (Å²) in [5, 5.41) is 6.47. The normalized spacial score (nSPS) is 12.3. The molecule has 1 aliphatic rings. The zero-order valence-electron chi connectivity index (χ0n) is 15.1. The van der Waals surface area contributed by atoms with Crippen LogP contribution >= 0.6 is 11.3 Å². The second kappa shape index (κ2) is 8.37. The lowest BCUT2D eigenvalue weighted by Gasteiger charge is -2.09. The Morgan fingerprint density at radius 1 is 1.19 bits per heavy atom. The summed E-state index contributed by atoms with van der Waals surface area (Å²) in [6.45, 7) is 4.41. The Morgan fingerprint density at radius 3 is 3.04 bits per heavy atom. The molecule has 4 rings (SSSR count). The van der Waals surface area contributed by atoms with Crippen LogP contribution in [0.5, 0.6) is 17.4 Å². The van der Waals surface area contributed by atoms with Crippen LogP contribution in [0.1, 0.15) is 24.6 Å². The van der Waals surface area contributed by atoms with Crippen molar-refractivity contribution >= 4 is 11.3 Å². The van der Waals surface area contributed by atoms with Gasteiger partial charge in [0.05, 0.1) is 12.3 Å². The van der Waals surface area contributed by atoms with Crippen LogP contribution < -0.4 is 19.5 Å². The number of nitrogens with one attached hydrogen (secondary N) is 1. The van der Waals surface area contributed by atoms with Gasteiger partial charge < -0.3 is 19.5 Å². The van der Waals surface area contributed by atoms with Gasteiger partial charge in [0.1, 0.15) is 5.01 Å². The van der Waals surface area contributed by atoms with Crippen LogP contribution in [0.15, 0.2) is 41.9 Å². The van der Waals surface area contributed by atoms with E-state index in [2.05, 4.69) is 22.6 Å². The number of aromatic nitrogens is 2. The van der Waals surface area contributed by atoms with E-state index in [1.54, 1.807) is 17.5 Å². The molecule has 0 radical (unpaired) electrons. The first-order valence-electron chi connectivity index (χ1n) is 8.95. The molecular weight excluding hydrogens is 362 g/mol. The average Bonchev–Trinajstić information content (AvgIpc) is 3.36. The zero-order valence-corrected chi connectivity index (χ0v) is 15.9. The Morgan fingerprint density at radius 2 is 2.11 bits per heavy atom. The van der Waals surface area contributed by atoms with Crippen LogP contribution in [0.25, 0.3) is 10.6 Å². The van der Waals surface area contributed by atoms with E-state index < -0.39 is 0 Å². The lowest BCUT2D eigenvalue weighted by Crippen LogP contribution is -2.14. The number of hydrogen-bond donors (Lipinski definition) is 1. The molecule has 1 aromatic carbocycles. The van der Waals surface area contributed by atoms with Crippen molar-refractivity contribution in [3.63, 3.8) is 0 Å². The van der Waals surface area contributed by atoms with E-state index in [0.29, 0.717) is 25.6 Å². The van der Waals surface area contributed by atoms with Gasteiger partial charge in [-0.05, 0) is 30.7 Å². The fraction of sp³-hybridized carbons (Fsp3) is 0.300. The maximum Gasteiger partial charge on any atom is 0.231 e. The van der Waals surface area contributed by atoms with Gasteiger partial charge in [0.15, 0.2) is 11.5 Å². The largest absolute Gasteiger partial charge is 0.477 e. The molecule has 0 atom stereocenters. The van der Waals surface area contributed by atoms with Gasteiger partial charge in [-0.3, -0.25) is 0 Å². The monoisotopic (exact) mass is 383 g/mol. The number of benzene rings is 1. The summed E-state index contributed by atoms with van der Waals surface area (Å²) in [7, 11) is 0. The highest BCUT2D eigenvalue weighted by molar-refractivity contribution is 7.13. The van der Waals surface area contributed by atoms with Gasteiger partial charge >= 0.3 is 0 Å². The number of fused-ring (bicyclic) bond motifs is 1. The minimum atomic E-state index is 0.282. The smallest absolute Gasteiger partial charge is 0.231 e. The molecular formula is C20H21N3O3S. The van der Waals surface area contributed by atoms with E-state index >= 15 is 0 Å². The minimum Gasteiger partial charge on any atom is -0.477 e. The topological polar surface area (TPSA) is 65.5 Å². The molecule has 3 aromatic rings. The van der Waals surface area contributed by atoms with Crippen molar-refractivity contribution < 1.29 is 14.2 Å². The van der Waals surface area contributed by atoms with Gasteiger partial charge in [0.25, 0.3) is 0 Å². The second-order valence-corrected chi connectivity index (χ2v) is 6.99. The van der Waals surface area contributed by atoms with Crippen LogP contribution in [0.3, 0.4) is 0 Å². The maximum atomic E-state index is 5.70. The molecule has 0 spiro atoms. The quantitative estimate of drug-likeness (QED) is 0.634. The molecule has 0 amide bonds. The van der Waals surface area contributed by atoms with E-state index in [-0.39, 0.29) is 6.79 Å². The minimum absolute atomic E-state index is 0.282. The molecule has 3 heterocycles. The third-order valence-electron chi connectivity index (χ3n) is 4.09. The predicted molar refractivity (Wildman–Crippen MR) is 104 cm³/mol. The molecule has 6 nitrogen and oxygen atoms in total. The van der Waals surface area contributed by atoms with E-state index in [1.807, 2.05) is 30.3 Å². The average molecular weight is 383 g/mol. The molecule has 0 fully saturated rings. The van der Waals surface area contributed by atoms with Gasteiger partial charge in [-0.25, -0.2) is 9.97 Å². The summed E-state index contributed by atoms with van der Waals surface area (Å²) in [5.41, 5.74) is 3.10. The Kier molecular flexibility index (Phi) is 5.50. The van der Waals surface area contributed by atoms with E-state index in [4.69, 9.17) is 19.2 Å². The van der Waals surface area contributed by atoms with E-state index in [9.17, 15) is 0 Å².